The van der Waals surface area contributed by atoms with Gasteiger partial charge in [-0.1, -0.05) is 6.07 Å². The van der Waals surface area contributed by atoms with Gasteiger partial charge in [-0.25, -0.2) is 27.0 Å². The first-order valence-electron chi connectivity index (χ1n) is 10.0. The highest BCUT2D eigenvalue weighted by Gasteiger charge is 2.24. The van der Waals surface area contributed by atoms with Crippen LogP contribution in [-0.4, -0.2) is 50.7 Å². The lowest BCUT2D eigenvalue weighted by atomic mass is 10.1. The summed E-state index contributed by atoms with van der Waals surface area (Å²) in [5.74, 6) is -2.44. The Bertz CT molecular complexity index is 1280. The average Bonchev–Trinajstić information content (AvgIpc) is 2.81. The molecule has 0 radical (unpaired) electrons. The number of piperazine rings is 1. The van der Waals surface area contributed by atoms with E-state index in [1.54, 1.807) is 6.20 Å². The Kier molecular flexibility index (Phi) is 6.14. The molecule has 8 nitrogen and oxygen atoms in total. The van der Waals surface area contributed by atoms with Crippen LogP contribution in [0.15, 0.2) is 65.7 Å². The summed E-state index contributed by atoms with van der Waals surface area (Å²) in [6.45, 7) is 2.33. The molecule has 2 heterocycles. The van der Waals surface area contributed by atoms with E-state index < -0.39 is 32.5 Å². The zero-order valence-electron chi connectivity index (χ0n) is 17.3. The van der Waals surface area contributed by atoms with Crippen molar-refractivity contribution < 1.29 is 27.1 Å². The molecule has 0 atom stereocenters. The Hall–Kier alpha value is -3.73. The zero-order valence-corrected chi connectivity index (χ0v) is 18.1. The first kappa shape index (κ1) is 22.5. The smallest absolute Gasteiger partial charge is 0.337 e. The summed E-state index contributed by atoms with van der Waals surface area (Å²) in [4.78, 5) is 19.3. The number of aromatic nitrogens is 1. The van der Waals surface area contributed by atoms with E-state index in [2.05, 4.69) is 14.6 Å². The molecule has 4 rings (SSSR count). The molecule has 3 aromatic rings. The second-order valence-corrected chi connectivity index (χ2v) is 9.03. The second-order valence-electron chi connectivity index (χ2n) is 7.38. The molecule has 11 heteroatoms. The predicted molar refractivity (Wildman–Crippen MR) is 119 cm³/mol. The van der Waals surface area contributed by atoms with Crippen molar-refractivity contribution >= 4 is 33.2 Å². The number of pyridine rings is 1. The summed E-state index contributed by atoms with van der Waals surface area (Å²) in [5.41, 5.74) is 0.246. The first-order chi connectivity index (χ1) is 15.7. The predicted octanol–water partition coefficient (Wildman–Crippen LogP) is 3.19. The van der Waals surface area contributed by atoms with Crippen LogP contribution in [0.2, 0.25) is 0 Å². The summed E-state index contributed by atoms with van der Waals surface area (Å²) in [7, 11) is -4.47. The third-order valence-corrected chi connectivity index (χ3v) is 6.65. The third kappa shape index (κ3) is 4.87. The minimum atomic E-state index is -4.47. The molecule has 0 saturated carbocycles. The summed E-state index contributed by atoms with van der Waals surface area (Å²) in [6, 6.07) is 11.8. The fraction of sp³-hybridized carbons (Fsp3) is 0.182. The van der Waals surface area contributed by atoms with Crippen LogP contribution in [0.1, 0.15) is 10.4 Å². The first-order valence-corrected chi connectivity index (χ1v) is 11.5. The minimum Gasteiger partial charge on any atom is -0.478 e. The van der Waals surface area contributed by atoms with Crippen molar-refractivity contribution in [1.29, 1.82) is 0 Å². The number of sulfonamides is 1. The molecule has 1 fully saturated rings. The van der Waals surface area contributed by atoms with E-state index in [0.29, 0.717) is 44.0 Å². The number of aromatic carboxylic acids is 1. The molecule has 2 aromatic carbocycles. The number of carboxylic acid groups (broad SMARTS) is 1. The number of rotatable bonds is 6. The van der Waals surface area contributed by atoms with Crippen LogP contribution >= 0.6 is 0 Å². The van der Waals surface area contributed by atoms with Crippen molar-refractivity contribution in [3.63, 3.8) is 0 Å². The molecule has 33 heavy (non-hydrogen) atoms. The van der Waals surface area contributed by atoms with E-state index in [0.717, 1.165) is 18.0 Å². The molecule has 1 aliphatic heterocycles. The van der Waals surface area contributed by atoms with E-state index in [4.69, 9.17) is 0 Å². The number of carboxylic acids is 1. The molecule has 0 aliphatic carbocycles. The van der Waals surface area contributed by atoms with E-state index in [9.17, 15) is 27.1 Å². The molecule has 1 aliphatic rings. The number of halogens is 2. The van der Waals surface area contributed by atoms with Gasteiger partial charge in [0.25, 0.3) is 10.0 Å². The molecule has 1 aromatic heterocycles. The maximum Gasteiger partial charge on any atom is 0.337 e. The number of hydrogen-bond acceptors (Lipinski definition) is 6. The normalized spacial score (nSPS) is 14.2. The van der Waals surface area contributed by atoms with Crippen LogP contribution in [0.3, 0.4) is 0 Å². The van der Waals surface area contributed by atoms with Crippen molar-refractivity contribution in [3.8, 4) is 0 Å². The number of benzene rings is 2. The molecule has 0 spiro atoms. The van der Waals surface area contributed by atoms with Gasteiger partial charge in [0.05, 0.1) is 11.3 Å². The van der Waals surface area contributed by atoms with Gasteiger partial charge in [-0.3, -0.25) is 4.72 Å². The zero-order chi connectivity index (χ0) is 23.6. The topological polar surface area (TPSA) is 103 Å². The van der Waals surface area contributed by atoms with Crippen molar-refractivity contribution in [2.75, 3.05) is 40.7 Å². The SMILES string of the molecule is O=C(O)c1cc(NS(=O)(=O)c2cc(F)ccc2F)ccc1N1CCN(c2ccccn2)CC1. The number of nitrogens with one attached hydrogen (secondary N) is 1. The van der Waals surface area contributed by atoms with E-state index in [1.165, 1.54) is 12.1 Å². The third-order valence-electron chi connectivity index (χ3n) is 5.26. The van der Waals surface area contributed by atoms with Crippen LogP contribution in [0.5, 0.6) is 0 Å². The summed E-state index contributed by atoms with van der Waals surface area (Å²) < 4.78 is 54.5. The lowest BCUT2D eigenvalue weighted by Gasteiger charge is -2.37. The Labute approximate surface area is 189 Å². The van der Waals surface area contributed by atoms with Crippen molar-refractivity contribution in [1.82, 2.24) is 4.98 Å². The maximum atomic E-state index is 13.9. The van der Waals surface area contributed by atoms with Gasteiger partial charge in [0.1, 0.15) is 22.3 Å². The van der Waals surface area contributed by atoms with Gasteiger partial charge in [0.15, 0.2) is 0 Å². The Balaban J connectivity index is 1.55. The van der Waals surface area contributed by atoms with Crippen molar-refractivity contribution in [2.45, 2.75) is 4.90 Å². The van der Waals surface area contributed by atoms with Crippen molar-refractivity contribution in [3.05, 3.63) is 78.0 Å². The lowest BCUT2D eigenvalue weighted by molar-refractivity contribution is 0.0697. The largest absolute Gasteiger partial charge is 0.478 e. The number of hydrogen-bond donors (Lipinski definition) is 2. The van der Waals surface area contributed by atoms with Crippen LogP contribution in [0.4, 0.5) is 26.0 Å². The summed E-state index contributed by atoms with van der Waals surface area (Å²) in [6.07, 6.45) is 1.71. The second kappa shape index (κ2) is 9.02. The molecule has 0 bridgehead atoms. The summed E-state index contributed by atoms with van der Waals surface area (Å²) >= 11 is 0. The van der Waals surface area contributed by atoms with Crippen LogP contribution in [0, 0.1) is 11.6 Å². The quantitative estimate of drug-likeness (QED) is 0.566. The van der Waals surface area contributed by atoms with E-state index in [1.807, 2.05) is 23.1 Å². The van der Waals surface area contributed by atoms with Gasteiger partial charge in [-0.2, -0.15) is 0 Å². The van der Waals surface area contributed by atoms with E-state index >= 15 is 0 Å². The molecule has 172 valence electrons. The molecule has 0 unspecified atom stereocenters. The molecular formula is C22H20F2N4O4S. The Morgan fingerprint density at radius 3 is 2.36 bits per heavy atom. The average molecular weight is 474 g/mol. The monoisotopic (exact) mass is 474 g/mol. The highest BCUT2D eigenvalue weighted by atomic mass is 32.2. The van der Waals surface area contributed by atoms with Crippen LogP contribution in [-0.2, 0) is 10.0 Å². The van der Waals surface area contributed by atoms with Crippen LogP contribution < -0.4 is 14.5 Å². The number of carbonyl (C=O) groups is 1. The number of nitrogens with zero attached hydrogens (tertiary/aromatic N) is 3. The van der Waals surface area contributed by atoms with Crippen molar-refractivity contribution in [2.24, 2.45) is 0 Å². The number of anilines is 3. The highest BCUT2D eigenvalue weighted by molar-refractivity contribution is 7.92. The van der Waals surface area contributed by atoms with Gasteiger partial charge in [0.2, 0.25) is 0 Å². The van der Waals surface area contributed by atoms with Gasteiger partial charge >= 0.3 is 5.97 Å². The standard InChI is InChI=1S/C22H20F2N4O4S/c23-15-4-6-18(24)20(13-15)33(31,32)26-16-5-7-19(17(14-16)22(29)30)27-9-11-28(12-10-27)21-3-1-2-8-25-21/h1-8,13-14,26H,9-12H2,(H,29,30). The maximum absolute atomic E-state index is 13.9. The minimum absolute atomic E-state index is 0.0769. The van der Waals surface area contributed by atoms with Gasteiger partial charge in [-0.15, -0.1) is 0 Å². The molecule has 1 saturated heterocycles. The van der Waals surface area contributed by atoms with Gasteiger partial charge in [-0.05, 0) is 48.5 Å². The highest BCUT2D eigenvalue weighted by Crippen LogP contribution is 2.28. The summed E-state index contributed by atoms with van der Waals surface area (Å²) in [5, 5.41) is 9.71. The Morgan fingerprint density at radius 2 is 1.70 bits per heavy atom. The van der Waals surface area contributed by atoms with E-state index in [-0.39, 0.29) is 11.3 Å². The van der Waals surface area contributed by atoms with Gasteiger partial charge < -0.3 is 14.9 Å². The van der Waals surface area contributed by atoms with Gasteiger partial charge in [0, 0.05) is 38.1 Å². The lowest BCUT2D eigenvalue weighted by Crippen LogP contribution is -2.47. The Morgan fingerprint density at radius 1 is 0.970 bits per heavy atom. The molecular weight excluding hydrogens is 454 g/mol. The molecule has 2 N–H and O–H groups in total. The fourth-order valence-corrected chi connectivity index (χ4v) is 4.80. The molecule has 0 amide bonds. The fourth-order valence-electron chi connectivity index (χ4n) is 3.66. The van der Waals surface area contributed by atoms with Crippen LogP contribution in [0.25, 0.3) is 0 Å².